The number of ether oxygens (including phenoxy) is 1. The summed E-state index contributed by atoms with van der Waals surface area (Å²) in [4.78, 5) is 15.1. The quantitative estimate of drug-likeness (QED) is 0.715. The molecule has 156 valence electrons. The Labute approximate surface area is 172 Å². The molecule has 0 aliphatic carbocycles. The van der Waals surface area contributed by atoms with Gasteiger partial charge in [-0.25, -0.2) is 8.42 Å². The molecule has 6 nitrogen and oxygen atoms in total. The first-order valence-electron chi connectivity index (χ1n) is 9.92. The van der Waals surface area contributed by atoms with Gasteiger partial charge in [-0.1, -0.05) is 54.6 Å². The van der Waals surface area contributed by atoms with E-state index in [1.807, 2.05) is 66.4 Å². The normalized spacial score (nSPS) is 17.6. The van der Waals surface area contributed by atoms with E-state index in [0.717, 1.165) is 16.7 Å². The second kappa shape index (κ2) is 10.0. The number of nitrogens with zero attached hydrogens (tertiary/aromatic N) is 1. The Kier molecular flexibility index (Phi) is 7.41. The third-order valence-electron chi connectivity index (χ3n) is 5.14. The predicted octanol–water partition coefficient (Wildman–Crippen LogP) is 2.31. The van der Waals surface area contributed by atoms with Crippen molar-refractivity contribution in [2.24, 2.45) is 0 Å². The molecule has 1 amide bonds. The van der Waals surface area contributed by atoms with Gasteiger partial charge in [0.05, 0.1) is 18.1 Å². The first-order chi connectivity index (χ1) is 14.0. The summed E-state index contributed by atoms with van der Waals surface area (Å²) in [6.07, 6.45) is 0. The van der Waals surface area contributed by atoms with Gasteiger partial charge in [-0.2, -0.15) is 0 Å². The standard InChI is InChI=1S/C22H28N2O4S/c1-2-28-17-20-11-7-6-10-19(20)16-23-22(25)21(18-8-4-3-5-9-18)24-12-14-29(26,27)15-13-24/h3-11,21H,2,12-17H2,1H3,(H,23,25). The number of amides is 1. The molecule has 1 aliphatic rings. The smallest absolute Gasteiger partial charge is 0.242 e. The minimum atomic E-state index is -3.01. The molecule has 7 heteroatoms. The molecule has 1 heterocycles. The molecule has 29 heavy (non-hydrogen) atoms. The summed E-state index contributed by atoms with van der Waals surface area (Å²) in [6, 6.07) is 16.9. The Morgan fingerprint density at radius 3 is 2.31 bits per heavy atom. The van der Waals surface area contributed by atoms with Crippen LogP contribution >= 0.6 is 0 Å². The SMILES string of the molecule is CCOCc1ccccc1CNC(=O)C(c1ccccc1)N1CCS(=O)(=O)CC1. The molecule has 2 aromatic carbocycles. The number of rotatable bonds is 8. The summed E-state index contributed by atoms with van der Waals surface area (Å²) < 4.78 is 29.2. The first kappa shape index (κ1) is 21.5. The molecule has 1 atom stereocenters. The van der Waals surface area contributed by atoms with Gasteiger partial charge < -0.3 is 10.1 Å². The maximum Gasteiger partial charge on any atom is 0.242 e. The predicted molar refractivity (Wildman–Crippen MR) is 113 cm³/mol. The van der Waals surface area contributed by atoms with Crippen LogP contribution in [0.2, 0.25) is 0 Å². The van der Waals surface area contributed by atoms with Gasteiger partial charge in [0, 0.05) is 26.2 Å². The number of hydrogen-bond donors (Lipinski definition) is 1. The molecule has 1 unspecified atom stereocenters. The van der Waals surface area contributed by atoms with E-state index < -0.39 is 15.9 Å². The fraction of sp³-hybridized carbons (Fsp3) is 0.409. The van der Waals surface area contributed by atoms with E-state index in [2.05, 4.69) is 5.32 Å². The zero-order valence-corrected chi connectivity index (χ0v) is 17.5. The summed E-state index contributed by atoms with van der Waals surface area (Å²) in [5, 5.41) is 3.05. The van der Waals surface area contributed by atoms with Crippen molar-refractivity contribution in [2.45, 2.75) is 26.1 Å². The lowest BCUT2D eigenvalue weighted by Gasteiger charge is -2.33. The van der Waals surface area contributed by atoms with Crippen LogP contribution in [0.1, 0.15) is 29.7 Å². The summed E-state index contributed by atoms with van der Waals surface area (Å²) in [5.41, 5.74) is 2.93. The van der Waals surface area contributed by atoms with E-state index in [-0.39, 0.29) is 17.4 Å². The van der Waals surface area contributed by atoms with Crippen molar-refractivity contribution in [2.75, 3.05) is 31.2 Å². The number of carbonyl (C=O) groups excluding carboxylic acids is 1. The van der Waals surface area contributed by atoms with Crippen molar-refractivity contribution in [1.29, 1.82) is 0 Å². The molecule has 1 aliphatic heterocycles. The highest BCUT2D eigenvalue weighted by Crippen LogP contribution is 2.23. The van der Waals surface area contributed by atoms with Crippen LogP contribution in [0.5, 0.6) is 0 Å². The topological polar surface area (TPSA) is 75.7 Å². The lowest BCUT2D eigenvalue weighted by atomic mass is 10.0. The van der Waals surface area contributed by atoms with Crippen LogP contribution in [-0.2, 0) is 32.5 Å². The zero-order valence-electron chi connectivity index (χ0n) is 16.7. The molecule has 3 rings (SSSR count). The maximum atomic E-state index is 13.2. The van der Waals surface area contributed by atoms with Gasteiger partial charge in [0.15, 0.2) is 9.84 Å². The Morgan fingerprint density at radius 2 is 1.66 bits per heavy atom. The van der Waals surface area contributed by atoms with Crippen molar-refractivity contribution in [3.8, 4) is 0 Å². The van der Waals surface area contributed by atoms with E-state index in [1.54, 1.807) is 0 Å². The van der Waals surface area contributed by atoms with Gasteiger partial charge in [0.25, 0.3) is 0 Å². The largest absolute Gasteiger partial charge is 0.377 e. The highest BCUT2D eigenvalue weighted by atomic mass is 32.2. The van der Waals surface area contributed by atoms with Crippen molar-refractivity contribution in [3.05, 3.63) is 71.3 Å². The summed E-state index contributed by atoms with van der Waals surface area (Å²) in [5.74, 6) is 0.0448. The zero-order chi connectivity index (χ0) is 20.7. The number of carbonyl (C=O) groups is 1. The lowest BCUT2D eigenvalue weighted by molar-refractivity contribution is -0.126. The average Bonchev–Trinajstić information content (AvgIpc) is 2.73. The van der Waals surface area contributed by atoms with E-state index >= 15 is 0 Å². The molecule has 1 N–H and O–H groups in total. The van der Waals surface area contributed by atoms with Crippen LogP contribution in [-0.4, -0.2) is 50.4 Å². The van der Waals surface area contributed by atoms with Crippen molar-refractivity contribution in [3.63, 3.8) is 0 Å². The number of sulfone groups is 1. The minimum absolute atomic E-state index is 0.0841. The Morgan fingerprint density at radius 1 is 1.03 bits per heavy atom. The summed E-state index contributed by atoms with van der Waals surface area (Å²) in [7, 11) is -3.01. The molecule has 0 bridgehead atoms. The third-order valence-corrected chi connectivity index (χ3v) is 6.75. The second-order valence-corrected chi connectivity index (χ2v) is 9.43. The van der Waals surface area contributed by atoms with Crippen LogP contribution in [0.4, 0.5) is 0 Å². The number of nitrogens with one attached hydrogen (secondary N) is 1. The molecule has 0 spiro atoms. The fourth-order valence-corrected chi connectivity index (χ4v) is 4.74. The highest BCUT2D eigenvalue weighted by Gasteiger charge is 2.32. The van der Waals surface area contributed by atoms with Gasteiger partial charge in [-0.05, 0) is 23.6 Å². The summed E-state index contributed by atoms with van der Waals surface area (Å²) in [6.45, 7) is 4.21. The van der Waals surface area contributed by atoms with Crippen LogP contribution in [0.3, 0.4) is 0 Å². The van der Waals surface area contributed by atoms with Gasteiger partial charge in [-0.15, -0.1) is 0 Å². The van der Waals surface area contributed by atoms with E-state index in [0.29, 0.717) is 32.8 Å². The van der Waals surface area contributed by atoms with E-state index in [4.69, 9.17) is 4.74 Å². The molecule has 1 fully saturated rings. The Bertz CT molecular complexity index is 901. The van der Waals surface area contributed by atoms with Crippen LogP contribution in [0.15, 0.2) is 54.6 Å². The van der Waals surface area contributed by atoms with Crippen molar-refractivity contribution in [1.82, 2.24) is 10.2 Å². The second-order valence-electron chi connectivity index (χ2n) is 7.12. The van der Waals surface area contributed by atoms with E-state index in [1.165, 1.54) is 0 Å². The molecular weight excluding hydrogens is 388 g/mol. The van der Waals surface area contributed by atoms with Crippen LogP contribution in [0, 0.1) is 0 Å². The highest BCUT2D eigenvalue weighted by molar-refractivity contribution is 7.91. The monoisotopic (exact) mass is 416 g/mol. The molecule has 1 saturated heterocycles. The van der Waals surface area contributed by atoms with Crippen LogP contribution in [0.25, 0.3) is 0 Å². The third kappa shape index (κ3) is 5.88. The first-order valence-corrected chi connectivity index (χ1v) is 11.7. The maximum absolute atomic E-state index is 13.2. The van der Waals surface area contributed by atoms with Crippen LogP contribution < -0.4 is 5.32 Å². The van der Waals surface area contributed by atoms with Gasteiger partial charge in [0.1, 0.15) is 6.04 Å². The molecule has 0 radical (unpaired) electrons. The molecule has 0 aromatic heterocycles. The van der Waals surface area contributed by atoms with Crippen molar-refractivity contribution >= 4 is 15.7 Å². The van der Waals surface area contributed by atoms with Gasteiger partial charge in [-0.3, -0.25) is 9.69 Å². The number of hydrogen-bond acceptors (Lipinski definition) is 5. The lowest BCUT2D eigenvalue weighted by Crippen LogP contribution is -2.47. The molecule has 0 saturated carbocycles. The minimum Gasteiger partial charge on any atom is -0.377 e. The number of benzene rings is 2. The van der Waals surface area contributed by atoms with Gasteiger partial charge in [0.2, 0.25) is 5.91 Å². The Hall–Kier alpha value is -2.22. The molecule has 2 aromatic rings. The van der Waals surface area contributed by atoms with Crippen molar-refractivity contribution < 1.29 is 17.9 Å². The molecular formula is C22H28N2O4S. The summed E-state index contributed by atoms with van der Waals surface area (Å²) >= 11 is 0. The fourth-order valence-electron chi connectivity index (χ4n) is 3.51. The van der Waals surface area contributed by atoms with Gasteiger partial charge >= 0.3 is 0 Å². The Balaban J connectivity index is 1.74. The average molecular weight is 417 g/mol. The van der Waals surface area contributed by atoms with E-state index in [9.17, 15) is 13.2 Å².